The predicted octanol–water partition coefficient (Wildman–Crippen LogP) is 4.73. The molecule has 12 heteroatoms. The number of carboxylic acid groups (broad SMARTS) is 1. The van der Waals surface area contributed by atoms with Gasteiger partial charge in [-0.1, -0.05) is 81.4 Å². The fourth-order valence-corrected chi connectivity index (χ4v) is 7.23. The molecule has 1 aromatic heterocycles. The number of nitrogens with one attached hydrogen (secondary N) is 3. The number of nitrogens with zero attached hydrogens (tertiary/aromatic N) is 1. The Morgan fingerprint density at radius 3 is 2.32 bits per heavy atom. The number of aliphatic hydroxyl groups is 1. The molecule has 2 aliphatic heterocycles. The molecule has 12 nitrogen and oxygen atoms in total. The highest BCUT2D eigenvalue weighted by atomic mass is 16.7. The fourth-order valence-electron chi connectivity index (χ4n) is 7.23. The van der Waals surface area contributed by atoms with Crippen LogP contribution >= 0.6 is 0 Å². The third-order valence-corrected chi connectivity index (χ3v) is 9.67. The van der Waals surface area contributed by atoms with Crippen molar-refractivity contribution < 1.29 is 38.8 Å². The SMILES string of the molecule is COC(=O)N[C@H](C(=O)N[C@@H](C(c1ccc(-c2ccccn2)cc1)C1COC2OCCC21)[C@H](O)C[C@H](Cc1ccccc1)NC(=O)O)C(C)(C)C. The van der Waals surface area contributed by atoms with Crippen molar-refractivity contribution >= 4 is 18.1 Å². The van der Waals surface area contributed by atoms with E-state index in [1.807, 2.05) is 93.6 Å². The zero-order valence-corrected chi connectivity index (χ0v) is 29.0. The van der Waals surface area contributed by atoms with Crippen LogP contribution in [-0.2, 0) is 25.4 Å². The van der Waals surface area contributed by atoms with Crippen LogP contribution in [0.5, 0.6) is 0 Å². The Hall–Kier alpha value is -4.52. The van der Waals surface area contributed by atoms with E-state index >= 15 is 0 Å². The molecule has 268 valence electrons. The molecule has 5 rings (SSSR count). The Morgan fingerprint density at radius 2 is 1.68 bits per heavy atom. The van der Waals surface area contributed by atoms with Gasteiger partial charge in [0.15, 0.2) is 6.29 Å². The number of carbonyl (C=O) groups excluding carboxylic acids is 2. The van der Waals surface area contributed by atoms with E-state index in [0.29, 0.717) is 19.6 Å². The summed E-state index contributed by atoms with van der Waals surface area (Å²) in [5.74, 6) is -1.15. The molecule has 2 fully saturated rings. The zero-order chi connectivity index (χ0) is 35.8. The molecular weight excluding hydrogens is 640 g/mol. The molecular formula is C38H48N4O8. The van der Waals surface area contributed by atoms with Gasteiger partial charge >= 0.3 is 12.2 Å². The molecule has 0 radical (unpaired) electrons. The zero-order valence-electron chi connectivity index (χ0n) is 29.0. The van der Waals surface area contributed by atoms with Gasteiger partial charge in [-0.05, 0) is 53.9 Å². The smallest absolute Gasteiger partial charge is 0.407 e. The highest BCUT2D eigenvalue weighted by Crippen LogP contribution is 2.45. The van der Waals surface area contributed by atoms with Crippen molar-refractivity contribution in [2.45, 2.75) is 76.5 Å². The minimum absolute atomic E-state index is 0.00253. The summed E-state index contributed by atoms with van der Waals surface area (Å²) in [4.78, 5) is 43.1. The van der Waals surface area contributed by atoms with Gasteiger partial charge in [-0.15, -0.1) is 0 Å². The van der Waals surface area contributed by atoms with Crippen molar-refractivity contribution in [3.63, 3.8) is 0 Å². The van der Waals surface area contributed by atoms with Crippen LogP contribution in [0.3, 0.4) is 0 Å². The van der Waals surface area contributed by atoms with E-state index in [2.05, 4.69) is 20.9 Å². The highest BCUT2D eigenvalue weighted by molar-refractivity contribution is 5.86. The van der Waals surface area contributed by atoms with Crippen molar-refractivity contribution in [3.8, 4) is 11.3 Å². The number of benzene rings is 2. The molecule has 2 aromatic carbocycles. The van der Waals surface area contributed by atoms with E-state index in [4.69, 9.17) is 14.2 Å². The van der Waals surface area contributed by atoms with Gasteiger partial charge < -0.3 is 40.4 Å². The molecule has 2 saturated heterocycles. The average molecular weight is 689 g/mol. The Morgan fingerprint density at radius 1 is 0.960 bits per heavy atom. The van der Waals surface area contributed by atoms with Crippen LogP contribution in [0.1, 0.15) is 50.7 Å². The number of carbonyl (C=O) groups is 3. The van der Waals surface area contributed by atoms with Crippen molar-refractivity contribution in [1.29, 1.82) is 0 Å². The van der Waals surface area contributed by atoms with Crippen molar-refractivity contribution in [3.05, 3.63) is 90.1 Å². The minimum Gasteiger partial charge on any atom is -0.465 e. The molecule has 3 heterocycles. The molecule has 2 aliphatic rings. The van der Waals surface area contributed by atoms with E-state index in [0.717, 1.165) is 28.8 Å². The van der Waals surface area contributed by atoms with E-state index < -0.39 is 59.9 Å². The standard InChI is InChI=1S/C38H48N4O8/c1-38(2,3)33(42-37(47)48-4)34(44)41-32(30(43)21-26(40-36(45)46)20-23-10-6-5-7-11-23)31(28-22-50-35-27(28)17-19-49-35)25-15-13-24(14-16-25)29-12-8-9-18-39-29/h5-16,18,26-28,30-33,35,40,43H,17,19-22H2,1-4H3,(H,41,44)(H,42,47)(H,45,46)/t26-,27?,28?,30+,31?,32+,33+,35?/m0/s1. The van der Waals surface area contributed by atoms with Gasteiger partial charge in [0.1, 0.15) is 6.04 Å². The second-order valence-corrected chi connectivity index (χ2v) is 14.2. The number of methoxy groups -OCH3 is 1. The molecule has 3 aromatic rings. The molecule has 50 heavy (non-hydrogen) atoms. The maximum atomic E-state index is 14.3. The van der Waals surface area contributed by atoms with Crippen LogP contribution in [0.15, 0.2) is 79.0 Å². The summed E-state index contributed by atoms with van der Waals surface area (Å²) in [6.07, 6.45) is -0.791. The lowest BCUT2D eigenvalue weighted by Gasteiger charge is -2.40. The molecule has 8 atom stereocenters. The molecule has 5 N–H and O–H groups in total. The van der Waals surface area contributed by atoms with Crippen LogP contribution in [0.4, 0.5) is 9.59 Å². The van der Waals surface area contributed by atoms with Gasteiger partial charge in [-0.3, -0.25) is 9.78 Å². The Kier molecular flexibility index (Phi) is 12.1. The number of aliphatic hydroxyl groups excluding tert-OH is 1. The van der Waals surface area contributed by atoms with E-state index in [-0.39, 0.29) is 18.3 Å². The van der Waals surface area contributed by atoms with E-state index in [1.165, 1.54) is 7.11 Å². The van der Waals surface area contributed by atoms with Crippen LogP contribution in [-0.4, -0.2) is 84.1 Å². The number of pyridine rings is 1. The van der Waals surface area contributed by atoms with E-state index in [1.54, 1.807) is 6.20 Å². The summed E-state index contributed by atoms with van der Waals surface area (Å²) in [5.41, 5.74) is 2.73. The third-order valence-electron chi connectivity index (χ3n) is 9.67. The lowest BCUT2D eigenvalue weighted by atomic mass is 9.72. The lowest BCUT2D eigenvalue weighted by Crippen LogP contribution is -2.59. The van der Waals surface area contributed by atoms with E-state index in [9.17, 15) is 24.6 Å². The number of ether oxygens (including phenoxy) is 3. The number of hydrogen-bond acceptors (Lipinski definition) is 8. The van der Waals surface area contributed by atoms with Gasteiger partial charge in [-0.2, -0.15) is 0 Å². The Balaban J connectivity index is 1.56. The fraction of sp³-hybridized carbons (Fsp3) is 0.474. The van der Waals surface area contributed by atoms with Crippen molar-refractivity contribution in [2.24, 2.45) is 17.3 Å². The van der Waals surface area contributed by atoms with Gasteiger partial charge in [0, 0.05) is 29.6 Å². The Labute approximate surface area is 292 Å². The summed E-state index contributed by atoms with van der Waals surface area (Å²) in [7, 11) is 1.23. The summed E-state index contributed by atoms with van der Waals surface area (Å²) < 4.78 is 16.8. The molecule has 0 bridgehead atoms. The van der Waals surface area contributed by atoms with Crippen LogP contribution in [0.25, 0.3) is 11.3 Å². The summed E-state index contributed by atoms with van der Waals surface area (Å²) in [6, 6.07) is 20.4. The monoisotopic (exact) mass is 688 g/mol. The number of aromatic nitrogens is 1. The number of rotatable bonds is 13. The number of fused-ring (bicyclic) bond motifs is 1. The van der Waals surface area contributed by atoms with Gasteiger partial charge in [-0.25, -0.2) is 9.59 Å². The van der Waals surface area contributed by atoms with Gasteiger partial charge in [0.05, 0.1) is 38.2 Å². The number of hydrogen-bond donors (Lipinski definition) is 5. The quantitative estimate of drug-likeness (QED) is 0.171. The number of alkyl carbamates (subject to hydrolysis) is 1. The highest BCUT2D eigenvalue weighted by Gasteiger charge is 2.49. The second-order valence-electron chi connectivity index (χ2n) is 14.2. The first kappa shape index (κ1) is 36.8. The van der Waals surface area contributed by atoms with Crippen molar-refractivity contribution in [2.75, 3.05) is 20.3 Å². The molecule has 0 saturated carbocycles. The van der Waals surface area contributed by atoms with Crippen LogP contribution in [0.2, 0.25) is 0 Å². The third kappa shape index (κ3) is 9.17. The predicted molar refractivity (Wildman–Crippen MR) is 186 cm³/mol. The van der Waals surface area contributed by atoms with Crippen LogP contribution in [0, 0.1) is 17.3 Å². The van der Waals surface area contributed by atoms with Crippen molar-refractivity contribution in [1.82, 2.24) is 20.9 Å². The maximum absolute atomic E-state index is 14.3. The first-order valence-electron chi connectivity index (χ1n) is 17.1. The largest absolute Gasteiger partial charge is 0.465 e. The summed E-state index contributed by atoms with van der Waals surface area (Å²) >= 11 is 0. The Bertz CT molecular complexity index is 1570. The second kappa shape index (κ2) is 16.5. The summed E-state index contributed by atoms with van der Waals surface area (Å²) in [6.45, 7) is 6.35. The topological polar surface area (TPSA) is 168 Å². The lowest BCUT2D eigenvalue weighted by molar-refractivity contribution is -0.127. The molecule has 0 aliphatic carbocycles. The minimum atomic E-state index is -1.22. The van der Waals surface area contributed by atoms with Gasteiger partial charge in [0.2, 0.25) is 5.91 Å². The first-order chi connectivity index (χ1) is 23.9. The van der Waals surface area contributed by atoms with Gasteiger partial charge in [0.25, 0.3) is 0 Å². The average Bonchev–Trinajstić information content (AvgIpc) is 3.72. The molecule has 3 amide bonds. The van der Waals surface area contributed by atoms with Crippen LogP contribution < -0.4 is 16.0 Å². The number of amides is 3. The normalized spacial score (nSPS) is 21.6. The molecule has 4 unspecified atom stereocenters. The molecule has 0 spiro atoms. The summed E-state index contributed by atoms with van der Waals surface area (Å²) in [5, 5.41) is 30.4. The first-order valence-corrected chi connectivity index (χ1v) is 17.1. The maximum Gasteiger partial charge on any atom is 0.407 e.